The summed E-state index contributed by atoms with van der Waals surface area (Å²) in [6.07, 6.45) is 0. The van der Waals surface area contributed by atoms with E-state index in [0.29, 0.717) is 5.92 Å². The second kappa shape index (κ2) is 5.99. The maximum atomic E-state index is 2.34. The van der Waals surface area contributed by atoms with Gasteiger partial charge in [0, 0.05) is 24.4 Å². The van der Waals surface area contributed by atoms with Gasteiger partial charge in [0.1, 0.15) is 7.05 Å². The fraction of sp³-hybridized carbons (Fsp3) is 0.471. The van der Waals surface area contributed by atoms with E-state index in [1.807, 2.05) is 13.8 Å². The fourth-order valence-electron chi connectivity index (χ4n) is 2.68. The van der Waals surface area contributed by atoms with Crippen molar-refractivity contribution < 1.29 is 5.99 Å². The Labute approximate surface area is 113 Å². The van der Waals surface area contributed by atoms with Crippen LogP contribution in [0, 0.1) is 13.8 Å². The van der Waals surface area contributed by atoms with Crippen LogP contribution in [0.25, 0.3) is 10.9 Å². The number of pyridine rings is 1. The second-order valence-corrected chi connectivity index (χ2v) is 4.87. The zero-order chi connectivity index (χ0) is 13.9. The molecule has 1 heterocycles. The molecule has 0 saturated carbocycles. The maximum absolute atomic E-state index is 2.34. The Bertz CT molecular complexity index is 544. The lowest BCUT2D eigenvalue weighted by Crippen LogP contribution is -2.36. The molecule has 0 aliphatic rings. The molecule has 1 aromatic carbocycles. The van der Waals surface area contributed by atoms with E-state index in [-0.39, 0.29) is 1.43 Å². The first-order chi connectivity index (χ1) is 8.54. The predicted octanol–water partition coefficient (Wildman–Crippen LogP) is 4.68. The molecule has 0 fully saturated rings. The molecule has 1 heteroatoms. The lowest BCUT2D eigenvalue weighted by Gasteiger charge is -2.12. The van der Waals surface area contributed by atoms with Crippen LogP contribution in [0.15, 0.2) is 24.3 Å². The number of hydrogen-bond donors (Lipinski definition) is 0. The van der Waals surface area contributed by atoms with Crippen molar-refractivity contribution in [2.24, 2.45) is 7.05 Å². The van der Waals surface area contributed by atoms with Crippen LogP contribution in [-0.2, 0) is 7.05 Å². The molecule has 0 aliphatic heterocycles. The lowest BCUT2D eigenvalue weighted by molar-refractivity contribution is -0.654. The van der Waals surface area contributed by atoms with Crippen LogP contribution < -0.4 is 4.57 Å². The Hall–Kier alpha value is -1.37. The summed E-state index contributed by atoms with van der Waals surface area (Å²) in [6.45, 7) is 13.0. The van der Waals surface area contributed by atoms with Gasteiger partial charge >= 0.3 is 0 Å². The Morgan fingerprint density at radius 3 is 2.11 bits per heavy atom. The number of benzene rings is 1. The van der Waals surface area contributed by atoms with E-state index in [1.165, 1.54) is 27.7 Å². The molecule has 0 aliphatic carbocycles. The molecule has 0 unspecified atom stereocenters. The van der Waals surface area contributed by atoms with E-state index >= 15 is 0 Å². The van der Waals surface area contributed by atoms with Crippen LogP contribution in [0.5, 0.6) is 0 Å². The molecule has 0 atom stereocenters. The smallest absolute Gasteiger partial charge is 0.198 e. The monoisotopic (exact) mass is 247 g/mol. The van der Waals surface area contributed by atoms with Gasteiger partial charge in [0.05, 0.1) is 0 Å². The van der Waals surface area contributed by atoms with Crippen molar-refractivity contribution in [1.82, 2.24) is 0 Å². The van der Waals surface area contributed by atoms with Crippen molar-refractivity contribution in [2.45, 2.75) is 47.5 Å². The summed E-state index contributed by atoms with van der Waals surface area (Å²) in [6, 6.07) is 8.64. The van der Waals surface area contributed by atoms with Gasteiger partial charge in [0.2, 0.25) is 5.52 Å². The number of fused-ring (bicyclic) bond motifs is 1. The lowest BCUT2D eigenvalue weighted by atomic mass is 9.96. The van der Waals surface area contributed by atoms with E-state index in [1.54, 1.807) is 0 Å². The quantitative estimate of drug-likeness (QED) is 0.644. The molecule has 1 aromatic heterocycles. The van der Waals surface area contributed by atoms with E-state index in [0.717, 1.165) is 0 Å². The molecule has 18 heavy (non-hydrogen) atoms. The van der Waals surface area contributed by atoms with Gasteiger partial charge in [-0.25, -0.2) is 0 Å². The number of aryl methyl sites for hydroxylation is 2. The Kier molecular flexibility index (Phi) is 4.89. The number of nitrogens with zero attached hydrogens (tertiary/aromatic N) is 1. The van der Waals surface area contributed by atoms with E-state index < -0.39 is 0 Å². The molecule has 0 N–H and O–H groups in total. The van der Waals surface area contributed by atoms with Crippen LogP contribution in [-0.4, -0.2) is 0 Å². The number of para-hydroxylation sites is 1. The van der Waals surface area contributed by atoms with E-state index in [2.05, 4.69) is 63.6 Å². The minimum Gasteiger partial charge on any atom is -0.198 e. The largest absolute Gasteiger partial charge is 0.212 e. The highest BCUT2D eigenvalue weighted by Crippen LogP contribution is 2.24. The van der Waals surface area contributed by atoms with Gasteiger partial charge in [-0.3, -0.25) is 0 Å². The fourth-order valence-corrected chi connectivity index (χ4v) is 2.68. The van der Waals surface area contributed by atoms with Crippen molar-refractivity contribution in [3.63, 3.8) is 0 Å². The zero-order valence-electron chi connectivity index (χ0n) is 12.8. The van der Waals surface area contributed by atoms with Crippen molar-refractivity contribution >= 4 is 10.9 Å². The molecule has 0 saturated heterocycles. The summed E-state index contributed by atoms with van der Waals surface area (Å²) < 4.78 is 2.34. The van der Waals surface area contributed by atoms with Gasteiger partial charge in [-0.15, -0.1) is 0 Å². The maximum Gasteiger partial charge on any atom is 0.212 e. The Morgan fingerprint density at radius 1 is 1.00 bits per heavy atom. The van der Waals surface area contributed by atoms with E-state index in [9.17, 15) is 0 Å². The summed E-state index contributed by atoms with van der Waals surface area (Å²) >= 11 is 0. The average molecular weight is 247 g/mol. The first kappa shape index (κ1) is 14.7. The zero-order valence-corrected chi connectivity index (χ0v) is 12.8. The van der Waals surface area contributed by atoms with Crippen LogP contribution in [0.3, 0.4) is 0 Å². The molecule has 0 spiro atoms. The molecular weight excluding hydrogens is 218 g/mol. The van der Waals surface area contributed by atoms with Gasteiger partial charge in [-0.2, -0.15) is 4.57 Å². The van der Waals surface area contributed by atoms with E-state index in [4.69, 9.17) is 0 Å². The van der Waals surface area contributed by atoms with Gasteiger partial charge in [-0.05, 0) is 25.5 Å². The van der Waals surface area contributed by atoms with Crippen LogP contribution in [0.2, 0.25) is 0 Å². The van der Waals surface area contributed by atoms with Crippen molar-refractivity contribution in [2.75, 3.05) is 0 Å². The Balaban J connectivity index is 0.00000103. The normalized spacial score (nSPS) is 10.4. The highest BCUT2D eigenvalue weighted by atomic mass is 14.9. The third-order valence-electron chi connectivity index (χ3n) is 3.52. The summed E-state index contributed by atoms with van der Waals surface area (Å²) in [5.74, 6) is 0.563. The second-order valence-electron chi connectivity index (χ2n) is 4.87. The molecule has 2 rings (SSSR count). The topological polar surface area (TPSA) is 3.88 Å². The third-order valence-corrected chi connectivity index (χ3v) is 3.52. The number of aromatic nitrogens is 1. The third kappa shape index (κ3) is 2.40. The molecule has 0 amide bonds. The SMILES string of the molecule is CC.Cc1c(C)c2ccccc2[n+](C)c1C(C)C.[2HH]. The summed E-state index contributed by atoms with van der Waals surface area (Å²) in [4.78, 5) is 0. The van der Waals surface area contributed by atoms with Gasteiger partial charge < -0.3 is 0 Å². The minimum absolute atomic E-state index is 0. The molecule has 100 valence electrons. The Morgan fingerprint density at radius 2 is 1.56 bits per heavy atom. The predicted molar refractivity (Wildman–Crippen MR) is 82.1 cm³/mol. The minimum atomic E-state index is 0. The average Bonchev–Trinajstić information content (AvgIpc) is 2.38. The summed E-state index contributed by atoms with van der Waals surface area (Å²) in [5.41, 5.74) is 5.61. The first-order valence-electron chi connectivity index (χ1n) is 6.92. The van der Waals surface area contributed by atoms with Crippen molar-refractivity contribution in [3.8, 4) is 0 Å². The van der Waals surface area contributed by atoms with Crippen molar-refractivity contribution in [3.05, 3.63) is 41.1 Å². The van der Waals surface area contributed by atoms with Crippen molar-refractivity contribution in [1.29, 1.82) is 0 Å². The van der Waals surface area contributed by atoms with Gasteiger partial charge in [-0.1, -0.05) is 39.8 Å². The summed E-state index contributed by atoms with van der Waals surface area (Å²) in [5, 5.41) is 1.37. The standard InChI is InChI=1S/C15H20N.C2H6.H2/c1-10(2)15-12(4)11(3)13-8-6-7-9-14(13)16(15)5;1-2;/h6-10H,1-5H3;1-2H3;1H/q+1;;/i;;1+1. The van der Waals surface area contributed by atoms with Crippen LogP contribution >= 0.6 is 0 Å². The number of rotatable bonds is 1. The van der Waals surface area contributed by atoms with Crippen LogP contribution in [0.4, 0.5) is 0 Å². The highest BCUT2D eigenvalue weighted by Gasteiger charge is 2.20. The molecule has 0 radical (unpaired) electrons. The van der Waals surface area contributed by atoms with Gasteiger partial charge in [0.15, 0.2) is 5.69 Å². The summed E-state index contributed by atoms with van der Waals surface area (Å²) in [7, 11) is 2.17. The molecule has 0 bridgehead atoms. The van der Waals surface area contributed by atoms with Gasteiger partial charge in [0.25, 0.3) is 0 Å². The highest BCUT2D eigenvalue weighted by molar-refractivity contribution is 5.80. The number of hydrogen-bond acceptors (Lipinski definition) is 0. The molecular formula is C17H28N+. The first-order valence-corrected chi connectivity index (χ1v) is 6.92. The molecule has 2 aromatic rings. The van der Waals surface area contributed by atoms with Crippen LogP contribution in [0.1, 0.15) is 51.9 Å². The molecule has 1 nitrogen and oxygen atoms in total.